The predicted molar refractivity (Wildman–Crippen MR) is 64.0 cm³/mol. The van der Waals surface area contributed by atoms with E-state index in [9.17, 15) is 0 Å². The van der Waals surface area contributed by atoms with Gasteiger partial charge in [0.25, 0.3) is 0 Å². The van der Waals surface area contributed by atoms with Crippen LogP contribution in [0.1, 0.15) is 22.1 Å². The van der Waals surface area contributed by atoms with Crippen molar-refractivity contribution in [2.24, 2.45) is 5.73 Å². The summed E-state index contributed by atoms with van der Waals surface area (Å²) < 4.78 is 5.48. The van der Waals surface area contributed by atoms with Gasteiger partial charge in [0, 0.05) is 11.4 Å². The van der Waals surface area contributed by atoms with Crippen LogP contribution >= 0.6 is 11.3 Å². The van der Waals surface area contributed by atoms with Gasteiger partial charge in [0.15, 0.2) is 0 Å². The molecule has 0 fully saturated rings. The van der Waals surface area contributed by atoms with Crippen molar-refractivity contribution in [1.29, 1.82) is 0 Å². The SMILES string of the molecule is Cc1ncsc1CNCc1ccc(CN)o1. The van der Waals surface area contributed by atoms with Crippen molar-refractivity contribution in [1.82, 2.24) is 10.3 Å². The zero-order valence-electron chi connectivity index (χ0n) is 9.19. The van der Waals surface area contributed by atoms with Crippen molar-refractivity contribution in [3.05, 3.63) is 39.7 Å². The van der Waals surface area contributed by atoms with Crippen LogP contribution in [0.3, 0.4) is 0 Å². The van der Waals surface area contributed by atoms with E-state index in [1.807, 2.05) is 24.6 Å². The van der Waals surface area contributed by atoms with Crippen molar-refractivity contribution in [2.75, 3.05) is 0 Å². The number of rotatable bonds is 5. The molecule has 2 aromatic rings. The van der Waals surface area contributed by atoms with E-state index in [0.29, 0.717) is 6.54 Å². The molecule has 0 radical (unpaired) electrons. The topological polar surface area (TPSA) is 64.1 Å². The van der Waals surface area contributed by atoms with Gasteiger partial charge < -0.3 is 15.5 Å². The first-order valence-corrected chi connectivity index (χ1v) is 6.05. The molecule has 5 heteroatoms. The minimum atomic E-state index is 0.452. The van der Waals surface area contributed by atoms with Crippen LogP contribution in [0, 0.1) is 6.92 Å². The molecule has 0 atom stereocenters. The van der Waals surface area contributed by atoms with E-state index in [2.05, 4.69) is 10.3 Å². The number of hydrogen-bond acceptors (Lipinski definition) is 5. The largest absolute Gasteiger partial charge is 0.463 e. The van der Waals surface area contributed by atoms with Crippen LogP contribution in [0.25, 0.3) is 0 Å². The Hall–Kier alpha value is -1.17. The minimum Gasteiger partial charge on any atom is -0.463 e. The highest BCUT2D eigenvalue weighted by Gasteiger charge is 2.02. The second-order valence-electron chi connectivity index (χ2n) is 3.54. The monoisotopic (exact) mass is 237 g/mol. The van der Waals surface area contributed by atoms with Crippen LogP contribution in [-0.2, 0) is 19.6 Å². The van der Waals surface area contributed by atoms with Gasteiger partial charge in [0.05, 0.1) is 24.3 Å². The van der Waals surface area contributed by atoms with Crippen molar-refractivity contribution in [2.45, 2.75) is 26.6 Å². The maximum atomic E-state index is 5.48. The Morgan fingerprint density at radius 2 is 2.19 bits per heavy atom. The maximum Gasteiger partial charge on any atom is 0.118 e. The summed E-state index contributed by atoms with van der Waals surface area (Å²) in [4.78, 5) is 5.47. The van der Waals surface area contributed by atoms with E-state index in [1.54, 1.807) is 11.3 Å². The maximum absolute atomic E-state index is 5.48. The van der Waals surface area contributed by atoms with Crippen molar-refractivity contribution in [3.63, 3.8) is 0 Å². The first kappa shape index (κ1) is 11.3. The Bertz CT molecular complexity index is 450. The highest BCUT2D eigenvalue weighted by molar-refractivity contribution is 7.09. The summed E-state index contributed by atoms with van der Waals surface area (Å²) in [5, 5.41) is 3.32. The Kier molecular flexibility index (Phi) is 3.71. The number of nitrogens with one attached hydrogen (secondary N) is 1. The van der Waals surface area contributed by atoms with E-state index < -0.39 is 0 Å². The molecule has 0 unspecified atom stereocenters. The molecule has 0 aliphatic heterocycles. The second kappa shape index (κ2) is 5.25. The van der Waals surface area contributed by atoms with Crippen LogP contribution in [0.5, 0.6) is 0 Å². The Labute approximate surface area is 98.5 Å². The molecule has 0 saturated carbocycles. The van der Waals surface area contributed by atoms with Gasteiger partial charge in [-0.2, -0.15) is 0 Å². The van der Waals surface area contributed by atoms with Crippen LogP contribution < -0.4 is 11.1 Å². The smallest absolute Gasteiger partial charge is 0.118 e. The Morgan fingerprint density at radius 1 is 1.38 bits per heavy atom. The molecule has 2 aromatic heterocycles. The predicted octanol–water partition coefficient (Wildman–Crippen LogP) is 1.79. The molecular weight excluding hydrogens is 222 g/mol. The molecule has 0 bridgehead atoms. The van der Waals surface area contributed by atoms with Crippen LogP contribution in [0.4, 0.5) is 0 Å². The molecule has 0 saturated heterocycles. The summed E-state index contributed by atoms with van der Waals surface area (Å²) in [6.07, 6.45) is 0. The van der Waals surface area contributed by atoms with E-state index >= 15 is 0 Å². The molecule has 0 spiro atoms. The molecule has 4 nitrogen and oxygen atoms in total. The van der Waals surface area contributed by atoms with Crippen molar-refractivity contribution < 1.29 is 4.42 Å². The van der Waals surface area contributed by atoms with Crippen LogP contribution in [0.15, 0.2) is 22.1 Å². The van der Waals surface area contributed by atoms with E-state index in [0.717, 1.165) is 30.3 Å². The number of thiazole rings is 1. The molecule has 0 amide bonds. The van der Waals surface area contributed by atoms with Gasteiger partial charge in [-0.3, -0.25) is 0 Å². The van der Waals surface area contributed by atoms with E-state index in [1.165, 1.54) is 4.88 Å². The fourth-order valence-corrected chi connectivity index (χ4v) is 2.17. The summed E-state index contributed by atoms with van der Waals surface area (Å²) in [6, 6.07) is 3.86. The molecule has 2 heterocycles. The zero-order chi connectivity index (χ0) is 11.4. The van der Waals surface area contributed by atoms with Gasteiger partial charge in [-0.25, -0.2) is 4.98 Å². The molecule has 3 N–H and O–H groups in total. The van der Waals surface area contributed by atoms with E-state index in [-0.39, 0.29) is 0 Å². The number of furan rings is 1. The van der Waals surface area contributed by atoms with Gasteiger partial charge in [-0.05, 0) is 19.1 Å². The summed E-state index contributed by atoms with van der Waals surface area (Å²) in [7, 11) is 0. The van der Waals surface area contributed by atoms with E-state index in [4.69, 9.17) is 10.2 Å². The number of aromatic nitrogens is 1. The van der Waals surface area contributed by atoms with Crippen LogP contribution in [-0.4, -0.2) is 4.98 Å². The van der Waals surface area contributed by atoms with Gasteiger partial charge in [0.2, 0.25) is 0 Å². The Morgan fingerprint density at radius 3 is 2.81 bits per heavy atom. The van der Waals surface area contributed by atoms with Gasteiger partial charge in [0.1, 0.15) is 11.5 Å². The molecule has 16 heavy (non-hydrogen) atoms. The molecular formula is C11H15N3OS. The third kappa shape index (κ3) is 2.69. The molecule has 0 aliphatic rings. The lowest BCUT2D eigenvalue weighted by atomic mass is 10.3. The fourth-order valence-electron chi connectivity index (χ4n) is 1.42. The number of nitrogens with two attached hydrogens (primary N) is 1. The zero-order valence-corrected chi connectivity index (χ0v) is 10.0. The number of nitrogens with zero attached hydrogens (tertiary/aromatic N) is 1. The van der Waals surface area contributed by atoms with Crippen molar-refractivity contribution >= 4 is 11.3 Å². The van der Waals surface area contributed by atoms with Crippen molar-refractivity contribution in [3.8, 4) is 0 Å². The van der Waals surface area contributed by atoms with Crippen LogP contribution in [0.2, 0.25) is 0 Å². The molecule has 0 aromatic carbocycles. The second-order valence-corrected chi connectivity index (χ2v) is 4.48. The normalized spacial score (nSPS) is 10.9. The Balaban J connectivity index is 1.82. The number of hydrogen-bond donors (Lipinski definition) is 2. The standard InChI is InChI=1S/C11H15N3OS/c1-8-11(16-7-14-8)6-13-5-10-3-2-9(4-12)15-10/h2-3,7,13H,4-6,12H2,1H3. The highest BCUT2D eigenvalue weighted by Crippen LogP contribution is 2.12. The highest BCUT2D eigenvalue weighted by atomic mass is 32.1. The third-order valence-electron chi connectivity index (χ3n) is 2.35. The average molecular weight is 237 g/mol. The minimum absolute atomic E-state index is 0.452. The summed E-state index contributed by atoms with van der Waals surface area (Å²) in [5.74, 6) is 1.74. The lowest BCUT2D eigenvalue weighted by Crippen LogP contribution is -2.11. The molecule has 0 aliphatic carbocycles. The van der Waals surface area contributed by atoms with Gasteiger partial charge in [-0.15, -0.1) is 11.3 Å². The molecule has 86 valence electrons. The quantitative estimate of drug-likeness (QED) is 0.832. The first-order valence-electron chi connectivity index (χ1n) is 5.17. The van der Waals surface area contributed by atoms with Gasteiger partial charge >= 0.3 is 0 Å². The summed E-state index contributed by atoms with van der Waals surface area (Å²) >= 11 is 1.67. The fraction of sp³-hybridized carbons (Fsp3) is 0.364. The first-order chi connectivity index (χ1) is 7.79. The third-order valence-corrected chi connectivity index (χ3v) is 3.28. The summed E-state index contributed by atoms with van der Waals surface area (Å²) in [6.45, 7) is 4.02. The average Bonchev–Trinajstić information content (AvgIpc) is 2.89. The lowest BCUT2D eigenvalue weighted by molar-refractivity contribution is 0.448. The molecule has 2 rings (SSSR count). The van der Waals surface area contributed by atoms with Gasteiger partial charge in [-0.1, -0.05) is 0 Å². The number of aryl methyl sites for hydroxylation is 1. The lowest BCUT2D eigenvalue weighted by Gasteiger charge is -2.01. The summed E-state index contributed by atoms with van der Waals surface area (Å²) in [5.41, 5.74) is 8.43.